The molecule has 0 saturated carbocycles. The lowest BCUT2D eigenvalue weighted by atomic mass is 10.0. The Bertz CT molecular complexity index is 310. The SMILES string of the molecule is CCCNC(CCOc1ccccc1)CCC(C)C. The van der Waals surface area contributed by atoms with Crippen molar-refractivity contribution in [2.45, 2.75) is 52.5 Å². The van der Waals surface area contributed by atoms with Crippen molar-refractivity contribution in [3.63, 3.8) is 0 Å². The van der Waals surface area contributed by atoms with E-state index in [0.29, 0.717) is 6.04 Å². The van der Waals surface area contributed by atoms with E-state index in [2.05, 4.69) is 26.1 Å². The van der Waals surface area contributed by atoms with E-state index in [1.54, 1.807) is 0 Å². The Labute approximate surface area is 118 Å². The standard InChI is InChI=1S/C17H29NO/c1-4-13-18-16(11-10-15(2)3)12-14-19-17-8-6-5-7-9-17/h5-9,15-16,18H,4,10-14H2,1-3H3. The van der Waals surface area contributed by atoms with E-state index >= 15 is 0 Å². The van der Waals surface area contributed by atoms with Gasteiger partial charge in [-0.25, -0.2) is 0 Å². The predicted molar refractivity (Wildman–Crippen MR) is 82.7 cm³/mol. The molecular weight excluding hydrogens is 234 g/mol. The molecule has 0 aromatic heterocycles. The average molecular weight is 263 g/mol. The fourth-order valence-corrected chi connectivity index (χ4v) is 2.07. The van der Waals surface area contributed by atoms with Crippen molar-refractivity contribution in [2.75, 3.05) is 13.2 Å². The highest BCUT2D eigenvalue weighted by atomic mass is 16.5. The zero-order valence-corrected chi connectivity index (χ0v) is 12.7. The second kappa shape index (κ2) is 9.85. The van der Waals surface area contributed by atoms with Gasteiger partial charge in [0.1, 0.15) is 5.75 Å². The van der Waals surface area contributed by atoms with Crippen molar-refractivity contribution in [3.05, 3.63) is 30.3 Å². The summed E-state index contributed by atoms with van der Waals surface area (Å²) in [6, 6.07) is 10.7. The Hall–Kier alpha value is -1.02. The highest BCUT2D eigenvalue weighted by Gasteiger charge is 2.09. The molecule has 0 heterocycles. The summed E-state index contributed by atoms with van der Waals surface area (Å²) in [6.07, 6.45) is 4.81. The molecule has 0 aliphatic heterocycles. The number of para-hydroxylation sites is 1. The molecule has 0 fully saturated rings. The van der Waals surface area contributed by atoms with Crippen LogP contribution in [0.1, 0.15) is 46.5 Å². The number of hydrogen-bond acceptors (Lipinski definition) is 2. The lowest BCUT2D eigenvalue weighted by Gasteiger charge is -2.19. The first-order valence-corrected chi connectivity index (χ1v) is 7.63. The van der Waals surface area contributed by atoms with Crippen LogP contribution in [0.25, 0.3) is 0 Å². The Kier molecular flexibility index (Phi) is 8.31. The van der Waals surface area contributed by atoms with Gasteiger partial charge in [0.15, 0.2) is 0 Å². The molecule has 0 spiro atoms. The molecule has 0 saturated heterocycles. The second-order valence-electron chi connectivity index (χ2n) is 5.57. The van der Waals surface area contributed by atoms with E-state index in [9.17, 15) is 0 Å². The number of nitrogens with one attached hydrogen (secondary N) is 1. The van der Waals surface area contributed by atoms with Gasteiger partial charge in [-0.1, -0.05) is 39.0 Å². The third kappa shape index (κ3) is 7.89. The maximum atomic E-state index is 5.78. The Morgan fingerprint density at radius 3 is 2.42 bits per heavy atom. The van der Waals surface area contributed by atoms with E-state index in [0.717, 1.165) is 31.2 Å². The van der Waals surface area contributed by atoms with Crippen LogP contribution in [0.2, 0.25) is 0 Å². The molecule has 1 N–H and O–H groups in total. The minimum absolute atomic E-state index is 0.589. The normalized spacial score (nSPS) is 12.6. The van der Waals surface area contributed by atoms with Crippen LogP contribution in [-0.4, -0.2) is 19.2 Å². The van der Waals surface area contributed by atoms with Crippen molar-refractivity contribution in [3.8, 4) is 5.75 Å². The first kappa shape index (κ1) is 16.0. The van der Waals surface area contributed by atoms with Crippen molar-refractivity contribution in [1.82, 2.24) is 5.32 Å². The number of hydrogen-bond donors (Lipinski definition) is 1. The number of rotatable bonds is 10. The number of benzene rings is 1. The third-order valence-electron chi connectivity index (χ3n) is 3.25. The first-order chi connectivity index (χ1) is 9.22. The lowest BCUT2D eigenvalue weighted by Crippen LogP contribution is -2.31. The van der Waals surface area contributed by atoms with Crippen LogP contribution >= 0.6 is 0 Å². The summed E-state index contributed by atoms with van der Waals surface area (Å²) in [4.78, 5) is 0. The molecule has 1 aromatic carbocycles. The van der Waals surface area contributed by atoms with Crippen molar-refractivity contribution in [1.29, 1.82) is 0 Å². The summed E-state index contributed by atoms with van der Waals surface area (Å²) in [5, 5.41) is 3.63. The second-order valence-corrected chi connectivity index (χ2v) is 5.57. The Balaban J connectivity index is 2.26. The van der Waals surface area contributed by atoms with Gasteiger partial charge < -0.3 is 10.1 Å². The third-order valence-corrected chi connectivity index (χ3v) is 3.25. The molecule has 108 valence electrons. The van der Waals surface area contributed by atoms with E-state index in [-0.39, 0.29) is 0 Å². The summed E-state index contributed by atoms with van der Waals surface area (Å²) in [5.41, 5.74) is 0. The van der Waals surface area contributed by atoms with Crippen LogP contribution in [0.5, 0.6) is 5.75 Å². The monoisotopic (exact) mass is 263 g/mol. The van der Waals surface area contributed by atoms with Gasteiger partial charge in [0.2, 0.25) is 0 Å². The largest absolute Gasteiger partial charge is 0.494 e. The van der Waals surface area contributed by atoms with Crippen molar-refractivity contribution >= 4 is 0 Å². The molecule has 2 nitrogen and oxygen atoms in total. The summed E-state index contributed by atoms with van der Waals surface area (Å²) < 4.78 is 5.78. The zero-order valence-electron chi connectivity index (χ0n) is 12.7. The first-order valence-electron chi connectivity index (χ1n) is 7.63. The van der Waals surface area contributed by atoms with Gasteiger partial charge in [-0.3, -0.25) is 0 Å². The van der Waals surface area contributed by atoms with Gasteiger partial charge >= 0.3 is 0 Å². The van der Waals surface area contributed by atoms with Gasteiger partial charge in [0, 0.05) is 6.04 Å². The zero-order chi connectivity index (χ0) is 13.9. The van der Waals surface area contributed by atoms with Crippen LogP contribution in [0.3, 0.4) is 0 Å². The van der Waals surface area contributed by atoms with E-state index in [1.807, 2.05) is 30.3 Å². The van der Waals surface area contributed by atoms with Crippen LogP contribution in [-0.2, 0) is 0 Å². The van der Waals surface area contributed by atoms with Gasteiger partial charge in [-0.05, 0) is 50.3 Å². The molecule has 0 bridgehead atoms. The van der Waals surface area contributed by atoms with Crippen molar-refractivity contribution in [2.24, 2.45) is 5.92 Å². The van der Waals surface area contributed by atoms with Crippen LogP contribution < -0.4 is 10.1 Å². The molecular formula is C17H29NO. The molecule has 1 atom stereocenters. The molecule has 1 unspecified atom stereocenters. The molecule has 0 aliphatic carbocycles. The van der Waals surface area contributed by atoms with Gasteiger partial charge in [0.05, 0.1) is 6.61 Å². The summed E-state index contributed by atoms with van der Waals surface area (Å²) in [7, 11) is 0. The Morgan fingerprint density at radius 2 is 1.79 bits per heavy atom. The highest BCUT2D eigenvalue weighted by Crippen LogP contribution is 2.12. The van der Waals surface area contributed by atoms with Crippen molar-refractivity contribution < 1.29 is 4.74 Å². The topological polar surface area (TPSA) is 21.3 Å². The van der Waals surface area contributed by atoms with Crippen LogP contribution in [0.4, 0.5) is 0 Å². The lowest BCUT2D eigenvalue weighted by molar-refractivity contribution is 0.276. The highest BCUT2D eigenvalue weighted by molar-refractivity contribution is 5.20. The smallest absolute Gasteiger partial charge is 0.119 e. The van der Waals surface area contributed by atoms with Crippen LogP contribution in [0, 0.1) is 5.92 Å². The molecule has 1 rings (SSSR count). The molecule has 0 radical (unpaired) electrons. The molecule has 19 heavy (non-hydrogen) atoms. The van der Waals surface area contributed by atoms with E-state index in [4.69, 9.17) is 4.74 Å². The molecule has 2 heteroatoms. The fourth-order valence-electron chi connectivity index (χ4n) is 2.07. The average Bonchev–Trinajstić information content (AvgIpc) is 2.42. The molecule has 0 amide bonds. The van der Waals surface area contributed by atoms with Gasteiger partial charge in [0.25, 0.3) is 0 Å². The maximum absolute atomic E-state index is 5.78. The molecule has 0 aliphatic rings. The molecule has 1 aromatic rings. The van der Waals surface area contributed by atoms with Gasteiger partial charge in [-0.2, -0.15) is 0 Å². The summed E-state index contributed by atoms with van der Waals surface area (Å²) in [5.74, 6) is 1.75. The summed E-state index contributed by atoms with van der Waals surface area (Å²) >= 11 is 0. The quantitative estimate of drug-likeness (QED) is 0.681. The number of ether oxygens (including phenoxy) is 1. The maximum Gasteiger partial charge on any atom is 0.119 e. The minimum Gasteiger partial charge on any atom is -0.494 e. The Morgan fingerprint density at radius 1 is 1.05 bits per heavy atom. The predicted octanol–water partition coefficient (Wildman–Crippen LogP) is 4.26. The van der Waals surface area contributed by atoms with E-state index in [1.165, 1.54) is 19.3 Å². The van der Waals surface area contributed by atoms with Crippen LogP contribution in [0.15, 0.2) is 30.3 Å². The minimum atomic E-state index is 0.589. The van der Waals surface area contributed by atoms with Gasteiger partial charge in [-0.15, -0.1) is 0 Å². The summed E-state index contributed by atoms with van der Waals surface area (Å²) in [6.45, 7) is 8.69. The fraction of sp³-hybridized carbons (Fsp3) is 0.647. The van der Waals surface area contributed by atoms with E-state index < -0.39 is 0 Å².